The molecule has 8 N–H and O–H groups in total. The molecule has 0 radical (unpaired) electrons. The van der Waals surface area contributed by atoms with Crippen molar-refractivity contribution in [1.29, 1.82) is 0 Å². The number of carbonyl (C=O) groups is 1. The predicted octanol–water partition coefficient (Wildman–Crippen LogP) is -0.892. The van der Waals surface area contributed by atoms with Crippen LogP contribution in [0.25, 0.3) is 10.4 Å². The van der Waals surface area contributed by atoms with Crippen molar-refractivity contribution in [3.05, 3.63) is 10.4 Å². The van der Waals surface area contributed by atoms with Crippen molar-refractivity contribution < 1.29 is 43.7 Å². The van der Waals surface area contributed by atoms with Crippen molar-refractivity contribution >= 4 is 21.2 Å². The molecular formula is C6H16N4O9P2. The van der Waals surface area contributed by atoms with Gasteiger partial charge in [0.15, 0.2) is 0 Å². The molecule has 0 saturated carbocycles. The maximum absolute atomic E-state index is 10.7. The Labute approximate surface area is 118 Å². The van der Waals surface area contributed by atoms with Crippen LogP contribution in [0.15, 0.2) is 5.11 Å². The molecule has 13 nitrogen and oxygen atoms in total. The SMILES string of the molecule is NCCCC(O)(P(=O)(O)O)P(=O)(O)O.[N-]=[N+]=NCC(=O)O. The molecule has 0 amide bonds. The Morgan fingerprint density at radius 3 is 1.86 bits per heavy atom. The Balaban J connectivity index is 0. The van der Waals surface area contributed by atoms with Crippen molar-refractivity contribution in [2.24, 2.45) is 10.8 Å². The number of hydrogen-bond acceptors (Lipinski definition) is 6. The van der Waals surface area contributed by atoms with Crippen molar-refractivity contribution in [1.82, 2.24) is 0 Å². The van der Waals surface area contributed by atoms with Crippen LogP contribution in [-0.4, -0.2) is 53.9 Å². The first-order chi connectivity index (χ1) is 9.33. The summed E-state index contributed by atoms with van der Waals surface area (Å²) in [5.74, 6) is -1.11. The largest absolute Gasteiger partial charge is 0.481 e. The second-order valence-corrected chi connectivity index (χ2v) is 7.55. The number of carboxylic acids is 1. The lowest BCUT2D eigenvalue weighted by atomic mass is 10.3. The summed E-state index contributed by atoms with van der Waals surface area (Å²) in [6, 6.07) is 0. The van der Waals surface area contributed by atoms with E-state index in [0.29, 0.717) is 0 Å². The predicted molar refractivity (Wildman–Crippen MR) is 69.0 cm³/mol. The van der Waals surface area contributed by atoms with E-state index >= 15 is 0 Å². The van der Waals surface area contributed by atoms with Gasteiger partial charge in [0.2, 0.25) is 0 Å². The number of aliphatic hydroxyl groups is 1. The molecule has 124 valence electrons. The standard InChI is InChI=1S/C4H13NO7P2.C2H3N3O2/c5-3-1-2-4(6,13(7,8)9)14(10,11)12;3-5-4-1-2(6)7/h6H,1-3,5H2,(H2,7,8,9)(H2,10,11,12);1H2,(H,6,7). The summed E-state index contributed by atoms with van der Waals surface area (Å²) < 4.78 is 21.4. The number of hydrogen-bond donors (Lipinski definition) is 7. The maximum Gasteiger partial charge on any atom is 0.369 e. The number of nitrogens with zero attached hydrogens (tertiary/aromatic N) is 3. The zero-order valence-corrected chi connectivity index (χ0v) is 12.3. The number of aliphatic carboxylic acids is 1. The fourth-order valence-corrected chi connectivity index (χ4v) is 3.15. The van der Waals surface area contributed by atoms with Gasteiger partial charge in [0, 0.05) is 11.3 Å². The third-order valence-corrected chi connectivity index (χ3v) is 5.79. The molecular weight excluding hydrogens is 334 g/mol. The first-order valence-corrected chi connectivity index (χ1v) is 8.32. The molecule has 0 atom stereocenters. The van der Waals surface area contributed by atoms with Crippen LogP contribution in [0.4, 0.5) is 0 Å². The molecule has 0 unspecified atom stereocenters. The molecule has 0 saturated heterocycles. The lowest BCUT2D eigenvalue weighted by molar-refractivity contribution is -0.135. The Kier molecular flexibility index (Phi) is 9.66. The molecule has 0 aromatic rings. The monoisotopic (exact) mass is 350 g/mol. The average molecular weight is 350 g/mol. The highest BCUT2D eigenvalue weighted by Gasteiger charge is 2.58. The van der Waals surface area contributed by atoms with Gasteiger partial charge in [-0.05, 0) is 18.5 Å². The van der Waals surface area contributed by atoms with Crippen LogP contribution in [0, 0.1) is 0 Å². The summed E-state index contributed by atoms with van der Waals surface area (Å²) in [6.45, 7) is -0.515. The molecule has 0 fully saturated rings. The van der Waals surface area contributed by atoms with Crippen LogP contribution in [0.2, 0.25) is 0 Å². The minimum absolute atomic E-state index is 0.0394. The van der Waals surface area contributed by atoms with E-state index < -0.39 is 39.2 Å². The third kappa shape index (κ3) is 8.12. The summed E-state index contributed by atoms with van der Waals surface area (Å²) >= 11 is 0. The molecule has 0 aromatic carbocycles. The highest BCUT2D eigenvalue weighted by molar-refractivity contribution is 7.72. The van der Waals surface area contributed by atoms with Crippen molar-refractivity contribution in [2.45, 2.75) is 17.9 Å². The molecule has 0 aromatic heterocycles. The number of carboxylic acid groups (broad SMARTS) is 1. The topological polar surface area (TPSA) is 247 Å². The highest BCUT2D eigenvalue weighted by Crippen LogP contribution is 2.69. The van der Waals surface area contributed by atoms with Gasteiger partial charge in [0.1, 0.15) is 6.54 Å². The van der Waals surface area contributed by atoms with E-state index in [-0.39, 0.29) is 13.0 Å². The third-order valence-electron chi connectivity index (χ3n) is 1.92. The number of rotatable bonds is 7. The van der Waals surface area contributed by atoms with E-state index in [1.807, 2.05) is 0 Å². The molecule has 15 heteroatoms. The van der Waals surface area contributed by atoms with Gasteiger partial charge in [-0.15, -0.1) is 0 Å². The van der Waals surface area contributed by atoms with Crippen LogP contribution in [-0.2, 0) is 13.9 Å². The number of azide groups is 1. The van der Waals surface area contributed by atoms with E-state index in [9.17, 15) is 19.0 Å². The molecule has 0 spiro atoms. The zero-order valence-electron chi connectivity index (χ0n) is 10.5. The van der Waals surface area contributed by atoms with Crippen molar-refractivity contribution in [3.8, 4) is 0 Å². The summed E-state index contributed by atoms with van der Waals surface area (Å²) in [5.41, 5.74) is 12.5. The number of nitrogens with two attached hydrogens (primary N) is 1. The normalized spacial score (nSPS) is 11.9. The van der Waals surface area contributed by atoms with Crippen LogP contribution < -0.4 is 5.73 Å². The minimum atomic E-state index is -5.30. The lowest BCUT2D eigenvalue weighted by Gasteiger charge is -2.28. The molecule has 21 heavy (non-hydrogen) atoms. The molecule has 0 bridgehead atoms. The highest BCUT2D eigenvalue weighted by atomic mass is 31.2. The van der Waals surface area contributed by atoms with Gasteiger partial charge >= 0.3 is 21.2 Å². The van der Waals surface area contributed by atoms with Crippen LogP contribution in [0.1, 0.15) is 12.8 Å². The van der Waals surface area contributed by atoms with Crippen LogP contribution >= 0.6 is 15.2 Å². The van der Waals surface area contributed by atoms with Gasteiger partial charge in [0.05, 0.1) is 0 Å². The van der Waals surface area contributed by atoms with Crippen LogP contribution in [0.5, 0.6) is 0 Å². The fourth-order valence-electron chi connectivity index (χ4n) is 0.892. The quantitative estimate of drug-likeness (QED) is 0.129. The van der Waals surface area contributed by atoms with Gasteiger partial charge < -0.3 is 35.5 Å². The van der Waals surface area contributed by atoms with Crippen LogP contribution in [0.3, 0.4) is 0 Å². The van der Waals surface area contributed by atoms with Gasteiger partial charge in [0.25, 0.3) is 5.08 Å². The van der Waals surface area contributed by atoms with Crippen molar-refractivity contribution in [3.63, 3.8) is 0 Å². The molecule has 0 aliphatic carbocycles. The molecule has 0 heterocycles. The Morgan fingerprint density at radius 1 is 1.24 bits per heavy atom. The second kappa shape index (κ2) is 9.11. The second-order valence-electron chi connectivity index (χ2n) is 3.54. The Morgan fingerprint density at radius 2 is 1.67 bits per heavy atom. The smallest absolute Gasteiger partial charge is 0.369 e. The van der Waals surface area contributed by atoms with E-state index in [1.165, 1.54) is 0 Å². The van der Waals surface area contributed by atoms with E-state index in [2.05, 4.69) is 10.0 Å². The van der Waals surface area contributed by atoms with Gasteiger partial charge in [-0.3, -0.25) is 13.9 Å². The summed E-state index contributed by atoms with van der Waals surface area (Å²) in [6.07, 6.45) is -0.856. The first kappa shape index (κ1) is 22.3. The Hall–Kier alpha value is -1.00. The Bertz CT molecular complexity index is 457. The zero-order chi connectivity index (χ0) is 17.3. The first-order valence-electron chi connectivity index (χ1n) is 5.10. The fraction of sp³-hybridized carbons (Fsp3) is 0.833. The average Bonchev–Trinajstić information content (AvgIpc) is 2.31. The summed E-state index contributed by atoms with van der Waals surface area (Å²) in [5, 5.41) is 16.4. The lowest BCUT2D eigenvalue weighted by Crippen LogP contribution is -2.29. The molecule has 0 rings (SSSR count). The van der Waals surface area contributed by atoms with E-state index in [4.69, 9.17) is 35.9 Å². The van der Waals surface area contributed by atoms with E-state index in [0.717, 1.165) is 0 Å². The molecule has 0 aliphatic rings. The minimum Gasteiger partial charge on any atom is -0.481 e. The van der Waals surface area contributed by atoms with Gasteiger partial charge in [-0.2, -0.15) is 0 Å². The van der Waals surface area contributed by atoms with Gasteiger partial charge in [-0.25, -0.2) is 0 Å². The van der Waals surface area contributed by atoms with Gasteiger partial charge in [-0.1, -0.05) is 5.11 Å². The summed E-state index contributed by atoms with van der Waals surface area (Å²) in [4.78, 5) is 46.2. The molecule has 0 aliphatic heterocycles. The summed E-state index contributed by atoms with van der Waals surface area (Å²) in [7, 11) is -10.6. The van der Waals surface area contributed by atoms with Crippen molar-refractivity contribution in [2.75, 3.05) is 13.1 Å². The van der Waals surface area contributed by atoms with E-state index in [1.54, 1.807) is 0 Å². The maximum atomic E-state index is 10.7.